The molecule has 0 saturated heterocycles. The van der Waals surface area contributed by atoms with Gasteiger partial charge < -0.3 is 0 Å². The van der Waals surface area contributed by atoms with Gasteiger partial charge in [0.05, 0.1) is 0 Å². The number of hydrogen-bond acceptors (Lipinski definition) is 1. The molecule has 0 amide bonds. The molecule has 0 N–H and O–H groups in total. The minimum atomic E-state index is 0.748. The Morgan fingerprint density at radius 1 is 1.71 bits per heavy atom. The Morgan fingerprint density at radius 2 is 2.29 bits per heavy atom. The van der Waals surface area contributed by atoms with Crippen LogP contribution in [0.4, 0.5) is 0 Å². The van der Waals surface area contributed by atoms with Gasteiger partial charge in [-0.15, -0.1) is 0 Å². The topological polar surface area (TPSA) is 0 Å². The molecule has 0 aromatic carbocycles. The van der Waals surface area contributed by atoms with Crippen LogP contribution in [0.2, 0.25) is 0 Å². The summed E-state index contributed by atoms with van der Waals surface area (Å²) in [6.45, 7) is 4.39. The highest BCUT2D eigenvalue weighted by atomic mass is 32.1. The van der Waals surface area contributed by atoms with E-state index in [0.29, 0.717) is 0 Å². The lowest BCUT2D eigenvalue weighted by molar-refractivity contribution is 0.652. The molecule has 0 aliphatic heterocycles. The summed E-state index contributed by atoms with van der Waals surface area (Å²) in [5, 5.41) is 0. The van der Waals surface area contributed by atoms with Crippen LogP contribution < -0.4 is 0 Å². The van der Waals surface area contributed by atoms with Crippen LogP contribution in [0.3, 0.4) is 0 Å². The molecular weight excluding hydrogens is 104 g/mol. The number of thiol groups is 1. The first-order chi connectivity index (χ1) is 3.31. The van der Waals surface area contributed by atoms with Crippen molar-refractivity contribution in [1.82, 2.24) is 0 Å². The van der Waals surface area contributed by atoms with Crippen LogP contribution in [-0.4, -0.2) is 5.75 Å². The van der Waals surface area contributed by atoms with E-state index in [1.807, 2.05) is 0 Å². The van der Waals surface area contributed by atoms with E-state index in [-0.39, 0.29) is 0 Å². The molecule has 0 rings (SSSR count). The predicted molar refractivity (Wildman–Crippen MR) is 37.6 cm³/mol. The lowest BCUT2D eigenvalue weighted by Crippen LogP contribution is -1.92. The molecule has 43 valence electrons. The van der Waals surface area contributed by atoms with Crippen LogP contribution in [0.5, 0.6) is 0 Å². The van der Waals surface area contributed by atoms with Crippen molar-refractivity contribution in [1.29, 1.82) is 0 Å². The highest BCUT2D eigenvalue weighted by Gasteiger charge is 1.93. The summed E-state index contributed by atoms with van der Waals surface area (Å²) in [6, 6.07) is 0. The van der Waals surface area contributed by atoms with Crippen molar-refractivity contribution in [2.75, 3.05) is 5.75 Å². The first-order valence-corrected chi connectivity index (χ1v) is 3.38. The molecule has 0 saturated carbocycles. The fourth-order valence-corrected chi connectivity index (χ4v) is 0.707. The van der Waals surface area contributed by atoms with Crippen LogP contribution in [0.25, 0.3) is 0 Å². The monoisotopic (exact) mass is 117 g/mol. The lowest BCUT2D eigenvalue weighted by Gasteiger charge is -2.01. The summed E-state index contributed by atoms with van der Waals surface area (Å²) in [6.07, 6.45) is 3.45. The molecule has 0 fully saturated rings. The maximum absolute atomic E-state index is 4.06. The molecule has 1 heteroatoms. The average Bonchev–Trinajstić information content (AvgIpc) is 1.68. The Kier molecular flexibility index (Phi) is 4.73. The van der Waals surface area contributed by atoms with E-state index >= 15 is 0 Å². The SMILES string of the molecule is CCC(C)[CH]CS. The van der Waals surface area contributed by atoms with Crippen molar-refractivity contribution in [2.45, 2.75) is 20.3 Å². The Hall–Kier alpha value is 0.350. The molecular formula is C6H13S. The lowest BCUT2D eigenvalue weighted by atomic mass is 10.1. The zero-order chi connectivity index (χ0) is 5.70. The predicted octanol–water partition coefficient (Wildman–Crippen LogP) is 2.17. The van der Waals surface area contributed by atoms with Gasteiger partial charge in [0, 0.05) is 0 Å². The minimum absolute atomic E-state index is 0.748. The highest BCUT2D eigenvalue weighted by Crippen LogP contribution is 2.04. The normalized spacial score (nSPS) is 14.1. The van der Waals surface area contributed by atoms with Crippen molar-refractivity contribution in [3.63, 3.8) is 0 Å². The Morgan fingerprint density at radius 3 is 2.43 bits per heavy atom. The number of rotatable bonds is 3. The van der Waals surface area contributed by atoms with Gasteiger partial charge in [0.1, 0.15) is 0 Å². The quantitative estimate of drug-likeness (QED) is 0.538. The van der Waals surface area contributed by atoms with Crippen molar-refractivity contribution >= 4 is 12.6 Å². The Bertz CT molecular complexity index is 35.2. The molecule has 0 aliphatic rings. The summed E-state index contributed by atoms with van der Waals surface area (Å²) in [5.41, 5.74) is 0. The van der Waals surface area contributed by atoms with E-state index in [0.717, 1.165) is 11.7 Å². The minimum Gasteiger partial charge on any atom is -0.179 e. The smallest absolute Gasteiger partial charge is 0.00639 e. The fraction of sp³-hybridized carbons (Fsp3) is 0.833. The summed E-state index contributed by atoms with van der Waals surface area (Å²) in [7, 11) is 0. The molecule has 0 bridgehead atoms. The van der Waals surface area contributed by atoms with Crippen molar-refractivity contribution in [2.24, 2.45) is 5.92 Å². The van der Waals surface area contributed by atoms with E-state index in [1.165, 1.54) is 6.42 Å². The van der Waals surface area contributed by atoms with Gasteiger partial charge in [-0.3, -0.25) is 0 Å². The molecule has 1 atom stereocenters. The van der Waals surface area contributed by atoms with Gasteiger partial charge in [-0.05, 0) is 18.1 Å². The van der Waals surface area contributed by atoms with E-state index < -0.39 is 0 Å². The summed E-state index contributed by atoms with van der Waals surface area (Å²) in [5.74, 6) is 1.66. The second-order valence-electron chi connectivity index (χ2n) is 1.80. The molecule has 0 aliphatic carbocycles. The largest absolute Gasteiger partial charge is 0.179 e. The van der Waals surface area contributed by atoms with Crippen LogP contribution >= 0.6 is 12.6 Å². The third-order valence-electron chi connectivity index (χ3n) is 1.15. The maximum Gasteiger partial charge on any atom is -0.00639 e. The third kappa shape index (κ3) is 4.20. The fourth-order valence-electron chi connectivity index (χ4n) is 0.347. The molecule has 0 aromatic heterocycles. The van der Waals surface area contributed by atoms with Gasteiger partial charge in [-0.25, -0.2) is 0 Å². The van der Waals surface area contributed by atoms with E-state index in [9.17, 15) is 0 Å². The Balaban J connectivity index is 2.83. The van der Waals surface area contributed by atoms with Crippen molar-refractivity contribution in [3.8, 4) is 0 Å². The standard InChI is InChI=1S/C6H13S/c1-3-6(2)4-5-7/h4,6-7H,3,5H2,1-2H3. The first-order valence-electron chi connectivity index (χ1n) is 2.75. The number of hydrogen-bond donors (Lipinski definition) is 1. The summed E-state index contributed by atoms with van der Waals surface area (Å²) >= 11 is 4.06. The van der Waals surface area contributed by atoms with Gasteiger partial charge in [0.2, 0.25) is 0 Å². The van der Waals surface area contributed by atoms with Gasteiger partial charge >= 0.3 is 0 Å². The van der Waals surface area contributed by atoms with Crippen molar-refractivity contribution < 1.29 is 0 Å². The average molecular weight is 117 g/mol. The summed E-state index contributed by atoms with van der Waals surface area (Å²) in [4.78, 5) is 0. The second-order valence-corrected chi connectivity index (χ2v) is 2.17. The van der Waals surface area contributed by atoms with Gasteiger partial charge in [-0.1, -0.05) is 20.3 Å². The van der Waals surface area contributed by atoms with Gasteiger partial charge in [0.25, 0.3) is 0 Å². The molecule has 0 aromatic rings. The van der Waals surface area contributed by atoms with E-state index in [1.54, 1.807) is 0 Å². The highest BCUT2D eigenvalue weighted by molar-refractivity contribution is 7.80. The van der Waals surface area contributed by atoms with E-state index in [2.05, 4.69) is 32.9 Å². The molecule has 1 radical (unpaired) electrons. The van der Waals surface area contributed by atoms with Gasteiger partial charge in [0.15, 0.2) is 0 Å². The molecule has 0 nitrogen and oxygen atoms in total. The molecule has 0 heterocycles. The Labute approximate surface area is 51.7 Å². The van der Waals surface area contributed by atoms with Crippen LogP contribution in [-0.2, 0) is 0 Å². The zero-order valence-electron chi connectivity index (χ0n) is 5.02. The van der Waals surface area contributed by atoms with Crippen molar-refractivity contribution in [3.05, 3.63) is 6.42 Å². The van der Waals surface area contributed by atoms with Crippen LogP contribution in [0, 0.1) is 12.3 Å². The zero-order valence-corrected chi connectivity index (χ0v) is 5.91. The molecule has 1 unspecified atom stereocenters. The first kappa shape index (κ1) is 7.35. The van der Waals surface area contributed by atoms with Crippen LogP contribution in [0.1, 0.15) is 20.3 Å². The third-order valence-corrected chi connectivity index (χ3v) is 1.36. The van der Waals surface area contributed by atoms with Gasteiger partial charge in [-0.2, -0.15) is 12.6 Å². The van der Waals surface area contributed by atoms with Crippen LogP contribution in [0.15, 0.2) is 0 Å². The summed E-state index contributed by atoms with van der Waals surface area (Å²) < 4.78 is 0. The molecule has 0 spiro atoms. The van der Waals surface area contributed by atoms with E-state index in [4.69, 9.17) is 0 Å². The second kappa shape index (κ2) is 4.51. The maximum atomic E-state index is 4.06. The molecule has 7 heavy (non-hydrogen) atoms.